The van der Waals surface area contributed by atoms with E-state index in [0.29, 0.717) is 35.0 Å². The Hall–Kier alpha value is -2.85. The average molecular weight is 467 g/mol. The maximum Gasteiger partial charge on any atom is 0.224 e. The lowest BCUT2D eigenvalue weighted by molar-refractivity contribution is -0.127. The maximum atomic E-state index is 13.1. The molecule has 33 heavy (non-hydrogen) atoms. The number of nitrogens with one attached hydrogen (secondary N) is 3. The molecule has 1 aromatic carbocycles. The van der Waals surface area contributed by atoms with E-state index in [9.17, 15) is 19.6 Å². The molecule has 2 amide bonds. The van der Waals surface area contributed by atoms with Crippen molar-refractivity contribution in [3.63, 3.8) is 0 Å². The van der Waals surface area contributed by atoms with Crippen molar-refractivity contribution in [1.82, 2.24) is 15.6 Å². The fourth-order valence-electron chi connectivity index (χ4n) is 5.01. The van der Waals surface area contributed by atoms with Gasteiger partial charge in [-0.05, 0) is 50.2 Å². The topological polar surface area (TPSA) is 115 Å². The van der Waals surface area contributed by atoms with Crippen LogP contribution in [0.3, 0.4) is 0 Å². The molecule has 172 valence electrons. The van der Waals surface area contributed by atoms with Gasteiger partial charge < -0.3 is 15.6 Å². The molecule has 1 aliphatic heterocycles. The van der Waals surface area contributed by atoms with Crippen molar-refractivity contribution in [3.8, 4) is 6.07 Å². The van der Waals surface area contributed by atoms with Crippen LogP contribution in [0.25, 0.3) is 10.9 Å². The second kappa shape index (κ2) is 8.49. The van der Waals surface area contributed by atoms with Gasteiger partial charge in [0, 0.05) is 29.2 Å². The van der Waals surface area contributed by atoms with Gasteiger partial charge in [0.05, 0.1) is 22.3 Å². The fourth-order valence-corrected chi connectivity index (χ4v) is 5.24. The van der Waals surface area contributed by atoms with Crippen LogP contribution in [0.1, 0.15) is 61.9 Å². The molecule has 3 N–H and O–H groups in total. The zero-order valence-corrected chi connectivity index (χ0v) is 19.1. The van der Waals surface area contributed by atoms with Crippen LogP contribution in [0.4, 0.5) is 0 Å². The Labute approximate surface area is 197 Å². The van der Waals surface area contributed by atoms with E-state index in [1.165, 1.54) is 0 Å². The zero-order chi connectivity index (χ0) is 23.2. The molecule has 3 atom stereocenters. The maximum absolute atomic E-state index is 13.1. The Morgan fingerprint density at radius 3 is 2.70 bits per heavy atom. The molecule has 8 heteroatoms. The van der Waals surface area contributed by atoms with Gasteiger partial charge >= 0.3 is 0 Å². The fraction of sp³-hybridized carbons (Fsp3) is 0.520. The van der Waals surface area contributed by atoms with Crippen LogP contribution < -0.4 is 10.6 Å². The molecular weight excluding hydrogens is 440 g/mol. The van der Waals surface area contributed by atoms with Gasteiger partial charge in [0.25, 0.3) is 0 Å². The lowest BCUT2D eigenvalue weighted by Crippen LogP contribution is -2.40. The molecule has 1 saturated heterocycles. The normalized spacial score (nSPS) is 22.5. The highest BCUT2D eigenvalue weighted by molar-refractivity contribution is 6.35. The minimum atomic E-state index is -0.745. The number of carbonyl (C=O) groups excluding carboxylic acids is 3. The van der Waals surface area contributed by atoms with Gasteiger partial charge in [0.2, 0.25) is 11.8 Å². The number of H-pyrrole nitrogens is 1. The number of para-hydroxylation sites is 1. The number of aromatic nitrogens is 1. The van der Waals surface area contributed by atoms with E-state index >= 15 is 0 Å². The quantitative estimate of drug-likeness (QED) is 0.486. The summed E-state index contributed by atoms with van der Waals surface area (Å²) in [6.07, 6.45) is 5.83. The number of aromatic amines is 1. The van der Waals surface area contributed by atoms with E-state index in [1.807, 2.05) is 12.1 Å². The molecule has 2 aromatic rings. The summed E-state index contributed by atoms with van der Waals surface area (Å²) in [7, 11) is 0. The third-order valence-electron chi connectivity index (χ3n) is 7.27. The second-order valence-electron chi connectivity index (χ2n) is 9.99. The first kappa shape index (κ1) is 22.0. The summed E-state index contributed by atoms with van der Waals surface area (Å²) in [5.74, 6) is -0.768. The number of nitrogens with zero attached hydrogens (tertiary/aromatic N) is 1. The van der Waals surface area contributed by atoms with E-state index in [2.05, 4.69) is 21.7 Å². The zero-order valence-electron chi connectivity index (χ0n) is 18.3. The molecular formula is C25H27ClN4O3. The van der Waals surface area contributed by atoms with Crippen LogP contribution >= 0.6 is 11.6 Å². The summed E-state index contributed by atoms with van der Waals surface area (Å²) < 4.78 is 0. The van der Waals surface area contributed by atoms with Crippen LogP contribution in [0.2, 0.25) is 5.02 Å². The summed E-state index contributed by atoms with van der Waals surface area (Å²) in [4.78, 5) is 41.5. The van der Waals surface area contributed by atoms with Crippen LogP contribution in [0.5, 0.6) is 0 Å². The standard InChI is InChI=1S/C25H27ClN4O3/c26-19-3-1-2-15-10-20(29-22(15)19)21(31)11-16(8-14-4-5-14)23(32)28-18(13-27)9-17-12-25(6-7-25)30-24(17)33/h1-3,10,14,16-18,29H,4-9,11-12H2,(H,28,32)(H,30,33). The number of nitriles is 1. The number of hydrogen-bond donors (Lipinski definition) is 3. The van der Waals surface area contributed by atoms with Gasteiger partial charge in [-0.1, -0.05) is 36.6 Å². The van der Waals surface area contributed by atoms with Crippen molar-refractivity contribution < 1.29 is 14.4 Å². The van der Waals surface area contributed by atoms with E-state index < -0.39 is 12.0 Å². The number of amides is 2. The van der Waals surface area contributed by atoms with Crippen molar-refractivity contribution in [2.75, 3.05) is 0 Å². The molecule has 0 bridgehead atoms. The number of carbonyl (C=O) groups is 3. The van der Waals surface area contributed by atoms with Crippen molar-refractivity contribution in [2.24, 2.45) is 17.8 Å². The first-order valence-corrected chi connectivity index (χ1v) is 12.1. The van der Waals surface area contributed by atoms with Crippen LogP contribution in [-0.4, -0.2) is 34.2 Å². The minimum absolute atomic E-state index is 0.0239. The third kappa shape index (κ3) is 4.77. The number of ketones is 1. The monoisotopic (exact) mass is 466 g/mol. The average Bonchev–Trinajstić information content (AvgIpc) is 3.68. The highest BCUT2D eigenvalue weighted by atomic mass is 35.5. The Kier molecular flexibility index (Phi) is 5.65. The molecule has 1 aromatic heterocycles. The molecule has 5 rings (SSSR count). The minimum Gasteiger partial charge on any atom is -0.351 e. The molecule has 7 nitrogen and oxygen atoms in total. The number of halogens is 1. The molecule has 3 unspecified atom stereocenters. The first-order valence-electron chi connectivity index (χ1n) is 11.7. The van der Waals surface area contributed by atoms with Crippen molar-refractivity contribution >= 4 is 40.1 Å². The molecule has 2 aliphatic carbocycles. The number of rotatable bonds is 9. The number of fused-ring (bicyclic) bond motifs is 1. The second-order valence-corrected chi connectivity index (χ2v) is 10.4. The lowest BCUT2D eigenvalue weighted by Gasteiger charge is -2.20. The third-order valence-corrected chi connectivity index (χ3v) is 7.58. The van der Waals surface area contributed by atoms with Gasteiger partial charge in [-0.2, -0.15) is 5.26 Å². The SMILES string of the molecule is N#CC(CC1CC2(CC2)NC1=O)NC(=O)C(CC(=O)c1cc2cccc(Cl)c2[nH]1)CC1CC1. The molecule has 2 saturated carbocycles. The lowest BCUT2D eigenvalue weighted by atomic mass is 9.92. The van der Waals surface area contributed by atoms with Gasteiger partial charge in [-0.15, -0.1) is 0 Å². The molecule has 0 radical (unpaired) electrons. The Balaban J connectivity index is 1.25. The summed E-state index contributed by atoms with van der Waals surface area (Å²) in [6.45, 7) is 0. The number of benzene rings is 1. The van der Waals surface area contributed by atoms with E-state index in [0.717, 1.165) is 37.5 Å². The van der Waals surface area contributed by atoms with Crippen molar-refractivity contribution in [1.29, 1.82) is 5.26 Å². The van der Waals surface area contributed by atoms with E-state index in [-0.39, 0.29) is 35.5 Å². The first-order chi connectivity index (χ1) is 15.9. The van der Waals surface area contributed by atoms with E-state index in [1.54, 1.807) is 12.1 Å². The summed E-state index contributed by atoms with van der Waals surface area (Å²) >= 11 is 6.22. The van der Waals surface area contributed by atoms with Gasteiger partial charge in [0.15, 0.2) is 5.78 Å². The van der Waals surface area contributed by atoms with Gasteiger partial charge in [0.1, 0.15) is 6.04 Å². The predicted molar refractivity (Wildman–Crippen MR) is 123 cm³/mol. The largest absolute Gasteiger partial charge is 0.351 e. The van der Waals surface area contributed by atoms with E-state index in [4.69, 9.17) is 11.6 Å². The summed E-state index contributed by atoms with van der Waals surface area (Å²) in [6, 6.07) is 8.63. The van der Waals surface area contributed by atoms with Crippen molar-refractivity contribution in [2.45, 2.75) is 62.9 Å². The van der Waals surface area contributed by atoms with Crippen LogP contribution in [0.15, 0.2) is 24.3 Å². The number of hydrogen-bond acceptors (Lipinski definition) is 4. The summed E-state index contributed by atoms with van der Waals surface area (Å²) in [5, 5.41) is 16.9. The van der Waals surface area contributed by atoms with Gasteiger partial charge in [-0.25, -0.2) is 0 Å². The van der Waals surface area contributed by atoms with Crippen molar-refractivity contribution in [3.05, 3.63) is 35.0 Å². The Morgan fingerprint density at radius 2 is 2.06 bits per heavy atom. The highest BCUT2D eigenvalue weighted by Gasteiger charge is 2.52. The number of Topliss-reactive ketones (excluding diaryl/α,β-unsaturated/α-hetero) is 1. The molecule has 3 aliphatic rings. The molecule has 3 fully saturated rings. The van der Waals surface area contributed by atoms with Gasteiger partial charge in [-0.3, -0.25) is 14.4 Å². The molecule has 2 heterocycles. The Morgan fingerprint density at radius 1 is 1.27 bits per heavy atom. The highest BCUT2D eigenvalue weighted by Crippen LogP contribution is 2.46. The smallest absolute Gasteiger partial charge is 0.224 e. The molecule has 1 spiro atoms. The Bertz CT molecular complexity index is 1160. The predicted octanol–water partition coefficient (Wildman–Crippen LogP) is 3.88. The summed E-state index contributed by atoms with van der Waals surface area (Å²) in [5.41, 5.74) is 1.08. The van der Waals surface area contributed by atoms with Crippen LogP contribution in [-0.2, 0) is 9.59 Å². The van der Waals surface area contributed by atoms with Crippen LogP contribution in [0, 0.1) is 29.1 Å².